The molecule has 1 aromatic heterocycles. The van der Waals surface area contributed by atoms with Crippen molar-refractivity contribution >= 4 is 11.9 Å². The first-order valence-corrected chi connectivity index (χ1v) is 4.04. The molecule has 1 aliphatic rings. The van der Waals surface area contributed by atoms with E-state index in [0.717, 1.165) is 11.1 Å². The topological polar surface area (TPSA) is 42.4 Å². The molecule has 1 aromatic rings. The van der Waals surface area contributed by atoms with E-state index in [1.165, 1.54) is 4.90 Å². The molecule has 0 unspecified atom stereocenters. The number of anilines is 1. The highest BCUT2D eigenvalue weighted by atomic mass is 16.6. The van der Waals surface area contributed by atoms with Gasteiger partial charge in [0.15, 0.2) is 0 Å². The number of fused-ring (bicyclic) bond motifs is 1. The van der Waals surface area contributed by atoms with E-state index in [1.807, 2.05) is 13.0 Å². The van der Waals surface area contributed by atoms with Gasteiger partial charge >= 0.3 is 6.09 Å². The molecule has 68 valence electrons. The van der Waals surface area contributed by atoms with Crippen LogP contribution in [0.25, 0.3) is 0 Å². The lowest BCUT2D eigenvalue weighted by molar-refractivity contribution is 0.143. The molecule has 1 aliphatic heterocycles. The molecule has 0 aliphatic carbocycles. The number of carbonyl (C=O) groups excluding carboxylic acids is 1. The van der Waals surface area contributed by atoms with Crippen LogP contribution in [0.5, 0.6) is 0 Å². The third-order valence-electron chi connectivity index (χ3n) is 2.02. The van der Waals surface area contributed by atoms with Gasteiger partial charge in [-0.1, -0.05) is 0 Å². The average molecular weight is 178 g/mol. The predicted molar refractivity (Wildman–Crippen MR) is 47.6 cm³/mol. The van der Waals surface area contributed by atoms with Gasteiger partial charge in [0.05, 0.1) is 0 Å². The molecule has 4 nitrogen and oxygen atoms in total. The number of hydrogen-bond donors (Lipinski definition) is 0. The van der Waals surface area contributed by atoms with Crippen molar-refractivity contribution in [2.75, 3.05) is 11.9 Å². The van der Waals surface area contributed by atoms with Crippen molar-refractivity contribution in [3.63, 3.8) is 0 Å². The molecule has 1 amide bonds. The van der Waals surface area contributed by atoms with Gasteiger partial charge in [0, 0.05) is 18.8 Å². The summed E-state index contributed by atoms with van der Waals surface area (Å²) in [5.41, 5.74) is 2.03. The second-order valence-corrected chi connectivity index (χ2v) is 3.11. The van der Waals surface area contributed by atoms with Gasteiger partial charge in [-0.25, -0.2) is 9.78 Å². The number of nitrogens with zero attached hydrogens (tertiary/aromatic N) is 2. The minimum Gasteiger partial charge on any atom is -0.444 e. The highest BCUT2D eigenvalue weighted by Crippen LogP contribution is 2.23. The van der Waals surface area contributed by atoms with Gasteiger partial charge in [-0.3, -0.25) is 4.90 Å². The van der Waals surface area contributed by atoms with Crippen LogP contribution in [-0.4, -0.2) is 18.1 Å². The summed E-state index contributed by atoms with van der Waals surface area (Å²) in [6.07, 6.45) is 1.40. The molecule has 0 radical (unpaired) electrons. The number of aryl methyl sites for hydroxylation is 1. The van der Waals surface area contributed by atoms with E-state index in [2.05, 4.69) is 4.98 Å². The number of hydrogen-bond acceptors (Lipinski definition) is 3. The summed E-state index contributed by atoms with van der Waals surface area (Å²) >= 11 is 0. The lowest BCUT2D eigenvalue weighted by atomic mass is 10.2. The van der Waals surface area contributed by atoms with Gasteiger partial charge in [0.1, 0.15) is 12.4 Å². The van der Waals surface area contributed by atoms with Crippen molar-refractivity contribution < 1.29 is 9.53 Å². The Morgan fingerprint density at radius 2 is 2.38 bits per heavy atom. The second kappa shape index (κ2) is 2.73. The number of rotatable bonds is 0. The number of carbonyl (C=O) groups is 1. The molecular weight excluding hydrogens is 168 g/mol. The van der Waals surface area contributed by atoms with Crippen LogP contribution in [0.4, 0.5) is 10.6 Å². The largest absolute Gasteiger partial charge is 0.444 e. The Hall–Kier alpha value is -1.58. The second-order valence-electron chi connectivity index (χ2n) is 3.11. The fourth-order valence-electron chi connectivity index (χ4n) is 1.35. The van der Waals surface area contributed by atoms with Gasteiger partial charge in [-0.2, -0.15) is 0 Å². The first-order chi connectivity index (χ1) is 6.18. The first kappa shape index (κ1) is 8.04. The summed E-state index contributed by atoms with van der Waals surface area (Å²) in [6.45, 7) is 2.29. The summed E-state index contributed by atoms with van der Waals surface area (Å²) in [5.74, 6) is 0.696. The summed E-state index contributed by atoms with van der Waals surface area (Å²) in [5, 5.41) is 0. The molecule has 0 saturated carbocycles. The fourth-order valence-corrected chi connectivity index (χ4v) is 1.35. The zero-order chi connectivity index (χ0) is 9.42. The van der Waals surface area contributed by atoms with Crippen LogP contribution in [-0.2, 0) is 11.3 Å². The lowest BCUT2D eigenvalue weighted by Gasteiger charge is -2.24. The SMILES string of the molecule is Cc1cnc2c(c1)COC(=O)N2C. The number of amides is 1. The standard InChI is InChI=1S/C9H10N2O2/c1-6-3-7-5-13-9(12)11(2)8(7)10-4-6/h3-4H,5H2,1-2H3. The normalized spacial score (nSPS) is 15.2. The molecule has 0 saturated heterocycles. The Morgan fingerprint density at radius 3 is 3.15 bits per heavy atom. The average Bonchev–Trinajstić information content (AvgIpc) is 2.12. The van der Waals surface area contributed by atoms with Gasteiger partial charge < -0.3 is 4.74 Å². The van der Waals surface area contributed by atoms with E-state index in [9.17, 15) is 4.79 Å². The van der Waals surface area contributed by atoms with Crippen LogP contribution in [0, 0.1) is 6.92 Å². The zero-order valence-electron chi connectivity index (χ0n) is 7.57. The molecule has 0 N–H and O–H groups in total. The first-order valence-electron chi connectivity index (χ1n) is 4.04. The molecule has 13 heavy (non-hydrogen) atoms. The molecule has 0 fully saturated rings. The van der Waals surface area contributed by atoms with Crippen LogP contribution in [0.1, 0.15) is 11.1 Å². The van der Waals surface area contributed by atoms with E-state index < -0.39 is 0 Å². The molecule has 0 atom stereocenters. The highest BCUT2D eigenvalue weighted by molar-refractivity contribution is 5.88. The van der Waals surface area contributed by atoms with Crippen molar-refractivity contribution in [2.45, 2.75) is 13.5 Å². The van der Waals surface area contributed by atoms with E-state index >= 15 is 0 Å². The molecule has 0 aromatic carbocycles. The Kier molecular flexibility index (Phi) is 1.69. The number of cyclic esters (lactones) is 1. The highest BCUT2D eigenvalue weighted by Gasteiger charge is 2.22. The van der Waals surface area contributed by atoms with E-state index in [0.29, 0.717) is 12.4 Å². The van der Waals surface area contributed by atoms with E-state index in [-0.39, 0.29) is 6.09 Å². The summed E-state index contributed by atoms with van der Waals surface area (Å²) in [6, 6.07) is 1.98. The number of pyridine rings is 1. The minimum atomic E-state index is -0.344. The predicted octanol–water partition coefficient (Wildman–Crippen LogP) is 1.48. The Labute approximate surface area is 76.1 Å². The van der Waals surface area contributed by atoms with Crippen LogP contribution >= 0.6 is 0 Å². The summed E-state index contributed by atoms with van der Waals surface area (Å²) in [4.78, 5) is 16.7. The Balaban J connectivity index is 2.49. The van der Waals surface area contributed by atoms with Crippen LogP contribution in [0.3, 0.4) is 0 Å². The van der Waals surface area contributed by atoms with Gasteiger partial charge in [0.2, 0.25) is 0 Å². The van der Waals surface area contributed by atoms with E-state index in [4.69, 9.17) is 4.74 Å². The number of aromatic nitrogens is 1. The Bertz CT molecular complexity index is 363. The minimum absolute atomic E-state index is 0.327. The third-order valence-corrected chi connectivity index (χ3v) is 2.02. The van der Waals surface area contributed by atoms with Crippen LogP contribution in [0.15, 0.2) is 12.3 Å². The van der Waals surface area contributed by atoms with E-state index in [1.54, 1.807) is 13.2 Å². The van der Waals surface area contributed by atoms with Crippen LogP contribution < -0.4 is 4.90 Å². The molecule has 4 heteroatoms. The summed E-state index contributed by atoms with van der Waals surface area (Å²) in [7, 11) is 1.66. The molecule has 0 bridgehead atoms. The third kappa shape index (κ3) is 1.24. The van der Waals surface area contributed by atoms with Crippen LogP contribution in [0.2, 0.25) is 0 Å². The van der Waals surface area contributed by atoms with Crippen molar-refractivity contribution in [3.8, 4) is 0 Å². The molecule has 2 rings (SSSR count). The monoisotopic (exact) mass is 178 g/mol. The van der Waals surface area contributed by atoms with Gasteiger partial charge in [-0.15, -0.1) is 0 Å². The number of ether oxygens (including phenoxy) is 1. The van der Waals surface area contributed by atoms with Gasteiger partial charge in [-0.05, 0) is 18.6 Å². The van der Waals surface area contributed by atoms with Crippen molar-refractivity contribution in [2.24, 2.45) is 0 Å². The zero-order valence-corrected chi connectivity index (χ0v) is 7.57. The maximum absolute atomic E-state index is 11.1. The maximum Gasteiger partial charge on any atom is 0.415 e. The quantitative estimate of drug-likeness (QED) is 0.604. The smallest absolute Gasteiger partial charge is 0.415 e. The van der Waals surface area contributed by atoms with Gasteiger partial charge in [0.25, 0.3) is 0 Å². The Morgan fingerprint density at radius 1 is 1.62 bits per heavy atom. The summed E-state index contributed by atoms with van der Waals surface area (Å²) < 4.78 is 4.92. The lowest BCUT2D eigenvalue weighted by Crippen LogP contribution is -2.32. The van der Waals surface area contributed by atoms with Crippen molar-refractivity contribution in [1.29, 1.82) is 0 Å². The van der Waals surface area contributed by atoms with Crippen molar-refractivity contribution in [1.82, 2.24) is 4.98 Å². The maximum atomic E-state index is 11.1. The molecular formula is C9H10N2O2. The fraction of sp³-hybridized carbons (Fsp3) is 0.333. The molecule has 2 heterocycles. The van der Waals surface area contributed by atoms with Crippen molar-refractivity contribution in [3.05, 3.63) is 23.4 Å². The molecule has 0 spiro atoms.